The molecule has 2 N–H and O–H groups in total. The number of carboxylic acid groups (broad SMARTS) is 1. The number of fused-ring (bicyclic) bond motifs is 1. The summed E-state index contributed by atoms with van der Waals surface area (Å²) in [6.07, 6.45) is 3.41. The number of carbonyl (C=O) groups excluding carboxylic acids is 1. The number of nitrogens with one attached hydrogen (secondary N) is 1. The van der Waals surface area contributed by atoms with Gasteiger partial charge in [-0.1, -0.05) is 36.8 Å². The maximum atomic E-state index is 12.2. The fourth-order valence-corrected chi connectivity index (χ4v) is 4.99. The highest BCUT2D eigenvalue weighted by molar-refractivity contribution is 5.94. The van der Waals surface area contributed by atoms with Gasteiger partial charge in [0.05, 0.1) is 6.04 Å². The molecular formula is C25H31N3O3. The van der Waals surface area contributed by atoms with Crippen molar-refractivity contribution in [1.29, 1.82) is 0 Å². The SMILES string of the molecule is CC(=O)N1c2ccc(-c3ccc(CN4CCCCC4)cc3)cc2C(NC(=O)O)C[C@H]1C. The Morgan fingerprint density at radius 2 is 1.71 bits per heavy atom. The van der Waals surface area contributed by atoms with Gasteiger partial charge in [0.2, 0.25) is 5.91 Å². The lowest BCUT2D eigenvalue weighted by Gasteiger charge is -2.39. The monoisotopic (exact) mass is 421 g/mol. The Hall–Kier alpha value is -2.86. The molecule has 0 radical (unpaired) electrons. The summed E-state index contributed by atoms with van der Waals surface area (Å²) in [7, 11) is 0. The minimum absolute atomic E-state index is 0.0302. The first kappa shape index (κ1) is 21.4. The molecule has 0 spiro atoms. The summed E-state index contributed by atoms with van der Waals surface area (Å²) in [4.78, 5) is 27.9. The molecular weight excluding hydrogens is 390 g/mol. The van der Waals surface area contributed by atoms with Crippen LogP contribution in [0.1, 0.15) is 56.7 Å². The van der Waals surface area contributed by atoms with E-state index in [0.717, 1.165) is 28.9 Å². The van der Waals surface area contributed by atoms with Crippen molar-refractivity contribution in [2.75, 3.05) is 18.0 Å². The molecule has 0 saturated carbocycles. The van der Waals surface area contributed by atoms with Crippen molar-refractivity contribution in [2.45, 2.75) is 58.2 Å². The van der Waals surface area contributed by atoms with Crippen LogP contribution in [0, 0.1) is 0 Å². The molecule has 2 aliphatic heterocycles. The molecule has 0 aromatic heterocycles. The van der Waals surface area contributed by atoms with E-state index in [1.165, 1.54) is 37.9 Å². The molecule has 164 valence electrons. The van der Waals surface area contributed by atoms with E-state index in [-0.39, 0.29) is 18.0 Å². The maximum absolute atomic E-state index is 12.2. The third-order valence-corrected chi connectivity index (χ3v) is 6.46. The van der Waals surface area contributed by atoms with E-state index in [0.29, 0.717) is 6.42 Å². The number of benzene rings is 2. The van der Waals surface area contributed by atoms with Gasteiger partial charge in [-0.05, 0) is 73.7 Å². The largest absolute Gasteiger partial charge is 0.465 e. The highest BCUT2D eigenvalue weighted by atomic mass is 16.4. The van der Waals surface area contributed by atoms with E-state index in [1.807, 2.05) is 25.1 Å². The van der Waals surface area contributed by atoms with E-state index >= 15 is 0 Å². The number of nitrogens with zero attached hydrogens (tertiary/aromatic N) is 2. The molecule has 2 heterocycles. The van der Waals surface area contributed by atoms with Crippen LogP contribution in [0.25, 0.3) is 11.1 Å². The third-order valence-electron chi connectivity index (χ3n) is 6.46. The van der Waals surface area contributed by atoms with Gasteiger partial charge in [-0.25, -0.2) is 4.79 Å². The molecule has 2 aliphatic rings. The van der Waals surface area contributed by atoms with Crippen LogP contribution in [-0.2, 0) is 11.3 Å². The molecule has 1 unspecified atom stereocenters. The van der Waals surface area contributed by atoms with Crippen molar-refractivity contribution in [1.82, 2.24) is 10.2 Å². The quantitative estimate of drug-likeness (QED) is 0.744. The Bertz CT molecular complexity index is 951. The lowest BCUT2D eigenvalue weighted by molar-refractivity contribution is -0.117. The number of rotatable bonds is 4. The number of piperidine rings is 1. The smallest absolute Gasteiger partial charge is 0.405 e. The standard InChI is InChI=1S/C25H31N3O3/c1-17-14-23(26-25(30)31)22-15-21(10-11-24(22)28(17)18(2)29)20-8-6-19(7-9-20)16-27-12-4-3-5-13-27/h6-11,15,17,23,26H,3-5,12-14,16H2,1-2H3,(H,30,31)/t17-,23?/m1/s1. The van der Waals surface area contributed by atoms with E-state index in [1.54, 1.807) is 11.8 Å². The van der Waals surface area contributed by atoms with E-state index < -0.39 is 6.09 Å². The van der Waals surface area contributed by atoms with E-state index in [9.17, 15) is 14.7 Å². The molecule has 4 rings (SSSR count). The molecule has 1 fully saturated rings. The Morgan fingerprint density at radius 3 is 2.35 bits per heavy atom. The average molecular weight is 422 g/mol. The molecule has 1 saturated heterocycles. The Labute approximate surface area is 183 Å². The van der Waals surface area contributed by atoms with Gasteiger partial charge < -0.3 is 15.3 Å². The van der Waals surface area contributed by atoms with Gasteiger partial charge in [0.25, 0.3) is 0 Å². The van der Waals surface area contributed by atoms with Gasteiger partial charge in [0.1, 0.15) is 0 Å². The summed E-state index contributed by atoms with van der Waals surface area (Å²) in [5.41, 5.74) is 5.07. The van der Waals surface area contributed by atoms with Crippen LogP contribution in [0.2, 0.25) is 0 Å². The number of amides is 2. The third kappa shape index (κ3) is 4.74. The molecule has 2 amide bonds. The summed E-state index contributed by atoms with van der Waals surface area (Å²) >= 11 is 0. The molecule has 2 aromatic carbocycles. The Morgan fingerprint density at radius 1 is 1.03 bits per heavy atom. The highest BCUT2D eigenvalue weighted by Crippen LogP contribution is 2.39. The van der Waals surface area contributed by atoms with Gasteiger partial charge in [-0.15, -0.1) is 0 Å². The normalized spacial score (nSPS) is 21.4. The topological polar surface area (TPSA) is 72.9 Å². The van der Waals surface area contributed by atoms with Crippen LogP contribution >= 0.6 is 0 Å². The zero-order valence-electron chi connectivity index (χ0n) is 18.3. The average Bonchev–Trinajstić information content (AvgIpc) is 2.74. The fourth-order valence-electron chi connectivity index (χ4n) is 4.99. The molecule has 2 atom stereocenters. The summed E-state index contributed by atoms with van der Waals surface area (Å²) in [5, 5.41) is 11.9. The summed E-state index contributed by atoms with van der Waals surface area (Å²) in [6, 6.07) is 14.2. The lowest BCUT2D eigenvalue weighted by atomic mass is 9.89. The predicted molar refractivity (Wildman–Crippen MR) is 122 cm³/mol. The minimum atomic E-state index is -1.05. The van der Waals surface area contributed by atoms with Gasteiger partial charge >= 0.3 is 6.09 Å². The van der Waals surface area contributed by atoms with Crippen molar-refractivity contribution in [2.24, 2.45) is 0 Å². The van der Waals surface area contributed by atoms with E-state index in [4.69, 9.17) is 0 Å². The van der Waals surface area contributed by atoms with Crippen LogP contribution in [-0.4, -0.2) is 41.1 Å². The number of likely N-dealkylation sites (tertiary alicyclic amines) is 1. The second-order valence-electron chi connectivity index (χ2n) is 8.78. The molecule has 0 bridgehead atoms. The van der Waals surface area contributed by atoms with Crippen molar-refractivity contribution in [3.63, 3.8) is 0 Å². The van der Waals surface area contributed by atoms with Gasteiger partial charge in [0.15, 0.2) is 0 Å². The van der Waals surface area contributed by atoms with Gasteiger partial charge in [0, 0.05) is 25.2 Å². The van der Waals surface area contributed by atoms with E-state index in [2.05, 4.69) is 34.5 Å². The summed E-state index contributed by atoms with van der Waals surface area (Å²) in [6.45, 7) is 6.85. The van der Waals surface area contributed by atoms with Crippen molar-refractivity contribution < 1.29 is 14.7 Å². The first-order valence-corrected chi connectivity index (χ1v) is 11.2. The molecule has 0 aliphatic carbocycles. The molecule has 6 nitrogen and oxygen atoms in total. The van der Waals surface area contributed by atoms with Crippen LogP contribution in [0.4, 0.5) is 10.5 Å². The fraction of sp³-hybridized carbons (Fsp3) is 0.440. The maximum Gasteiger partial charge on any atom is 0.405 e. The van der Waals surface area contributed by atoms with Crippen LogP contribution in [0.5, 0.6) is 0 Å². The van der Waals surface area contributed by atoms with Crippen LogP contribution < -0.4 is 10.2 Å². The second kappa shape index (κ2) is 9.10. The lowest BCUT2D eigenvalue weighted by Crippen LogP contribution is -2.45. The van der Waals surface area contributed by atoms with Crippen molar-refractivity contribution in [3.05, 3.63) is 53.6 Å². The number of anilines is 1. The zero-order valence-corrected chi connectivity index (χ0v) is 18.3. The Kier molecular flexibility index (Phi) is 6.28. The number of carbonyl (C=O) groups is 2. The Balaban J connectivity index is 1.61. The number of hydrogen-bond acceptors (Lipinski definition) is 3. The summed E-state index contributed by atoms with van der Waals surface area (Å²) in [5.74, 6) is -0.0302. The zero-order chi connectivity index (χ0) is 22.0. The molecule has 2 aromatic rings. The highest BCUT2D eigenvalue weighted by Gasteiger charge is 2.33. The molecule has 31 heavy (non-hydrogen) atoms. The minimum Gasteiger partial charge on any atom is -0.465 e. The number of hydrogen-bond donors (Lipinski definition) is 2. The molecule has 6 heteroatoms. The van der Waals surface area contributed by atoms with Crippen molar-refractivity contribution in [3.8, 4) is 11.1 Å². The van der Waals surface area contributed by atoms with Gasteiger partial charge in [-0.2, -0.15) is 0 Å². The first-order valence-electron chi connectivity index (χ1n) is 11.2. The van der Waals surface area contributed by atoms with Crippen LogP contribution in [0.15, 0.2) is 42.5 Å². The summed E-state index contributed by atoms with van der Waals surface area (Å²) < 4.78 is 0. The van der Waals surface area contributed by atoms with Crippen LogP contribution in [0.3, 0.4) is 0 Å². The second-order valence-corrected chi connectivity index (χ2v) is 8.78. The van der Waals surface area contributed by atoms with Gasteiger partial charge in [-0.3, -0.25) is 9.69 Å². The van der Waals surface area contributed by atoms with Crippen molar-refractivity contribution >= 4 is 17.7 Å². The first-order chi connectivity index (χ1) is 14.9. The predicted octanol–water partition coefficient (Wildman–Crippen LogP) is 4.79.